The zero-order valence-corrected chi connectivity index (χ0v) is 9.65. The number of hydrogen-bond donors (Lipinski definition) is 1. The summed E-state index contributed by atoms with van der Waals surface area (Å²) in [6.07, 6.45) is 1.84. The average molecular weight is 253 g/mol. The third-order valence-corrected chi connectivity index (χ3v) is 3.16. The van der Waals surface area contributed by atoms with E-state index in [2.05, 4.69) is 15.6 Å². The van der Waals surface area contributed by atoms with Crippen molar-refractivity contribution < 1.29 is 4.39 Å². The topological polar surface area (TPSA) is 42.7 Å². The van der Waals surface area contributed by atoms with Gasteiger partial charge in [0.25, 0.3) is 0 Å². The summed E-state index contributed by atoms with van der Waals surface area (Å²) < 4.78 is 14.7. The van der Waals surface area contributed by atoms with Gasteiger partial charge in [0.15, 0.2) is 0 Å². The third kappa shape index (κ3) is 1.92. The molecular formula is C11H10ClFN4. The van der Waals surface area contributed by atoms with Crippen molar-refractivity contribution in [3.63, 3.8) is 0 Å². The second-order valence-corrected chi connectivity index (χ2v) is 4.43. The van der Waals surface area contributed by atoms with E-state index >= 15 is 0 Å². The lowest BCUT2D eigenvalue weighted by molar-refractivity contribution is 0.313. The van der Waals surface area contributed by atoms with E-state index in [0.29, 0.717) is 22.3 Å². The molecule has 1 saturated heterocycles. The Bertz CT molecular complexity index is 550. The van der Waals surface area contributed by atoms with Crippen molar-refractivity contribution in [1.29, 1.82) is 0 Å². The predicted octanol–water partition coefficient (Wildman–Crippen LogP) is 1.88. The summed E-state index contributed by atoms with van der Waals surface area (Å²) in [5, 5.41) is 11.6. The molecule has 0 atom stereocenters. The maximum absolute atomic E-state index is 12.9. The number of aromatic nitrogens is 3. The van der Waals surface area contributed by atoms with E-state index in [1.54, 1.807) is 6.07 Å². The first-order chi connectivity index (χ1) is 8.24. The van der Waals surface area contributed by atoms with E-state index in [1.807, 2.05) is 10.9 Å². The Hall–Kier alpha value is -1.46. The summed E-state index contributed by atoms with van der Waals surface area (Å²) >= 11 is 5.97. The first-order valence-corrected chi connectivity index (χ1v) is 5.70. The van der Waals surface area contributed by atoms with Gasteiger partial charge in [-0.1, -0.05) is 16.8 Å². The number of nitrogens with one attached hydrogen (secondary N) is 1. The number of halogens is 2. The van der Waals surface area contributed by atoms with Gasteiger partial charge in [-0.2, -0.15) is 0 Å². The lowest BCUT2D eigenvalue weighted by Gasteiger charge is -2.26. The van der Waals surface area contributed by atoms with E-state index in [1.165, 1.54) is 12.1 Å². The number of nitrogens with zero attached hydrogens (tertiary/aromatic N) is 3. The molecule has 1 aromatic carbocycles. The molecule has 1 aliphatic heterocycles. The van der Waals surface area contributed by atoms with Crippen LogP contribution in [0.25, 0.3) is 11.3 Å². The minimum Gasteiger partial charge on any atom is -0.312 e. The van der Waals surface area contributed by atoms with Gasteiger partial charge in [0.1, 0.15) is 11.5 Å². The Morgan fingerprint density at radius 3 is 2.88 bits per heavy atom. The molecule has 0 bridgehead atoms. The Kier molecular flexibility index (Phi) is 2.57. The van der Waals surface area contributed by atoms with Gasteiger partial charge < -0.3 is 5.32 Å². The van der Waals surface area contributed by atoms with Crippen LogP contribution in [0.4, 0.5) is 4.39 Å². The Morgan fingerprint density at radius 2 is 2.24 bits per heavy atom. The summed E-state index contributed by atoms with van der Waals surface area (Å²) in [6, 6.07) is 4.62. The Balaban J connectivity index is 1.94. The van der Waals surface area contributed by atoms with Gasteiger partial charge >= 0.3 is 0 Å². The molecule has 0 amide bonds. The maximum atomic E-state index is 12.9. The van der Waals surface area contributed by atoms with Crippen molar-refractivity contribution in [2.24, 2.45) is 0 Å². The highest BCUT2D eigenvalue weighted by molar-refractivity contribution is 6.33. The van der Waals surface area contributed by atoms with Crippen molar-refractivity contribution in [2.75, 3.05) is 13.1 Å². The molecule has 0 spiro atoms. The largest absolute Gasteiger partial charge is 0.312 e. The van der Waals surface area contributed by atoms with E-state index < -0.39 is 0 Å². The smallest absolute Gasteiger partial charge is 0.124 e. The van der Waals surface area contributed by atoms with Crippen LogP contribution in [0.15, 0.2) is 24.4 Å². The SMILES string of the molecule is Fc1ccc(-c2cn(C3CNC3)nn2)c(Cl)c1. The number of rotatable bonds is 2. The van der Waals surface area contributed by atoms with E-state index in [9.17, 15) is 4.39 Å². The quantitative estimate of drug-likeness (QED) is 0.888. The number of hydrogen-bond acceptors (Lipinski definition) is 3. The molecule has 2 aromatic rings. The summed E-state index contributed by atoms with van der Waals surface area (Å²) in [6.45, 7) is 1.81. The molecule has 0 aliphatic carbocycles. The van der Waals surface area contributed by atoms with Crippen LogP contribution in [0.3, 0.4) is 0 Å². The van der Waals surface area contributed by atoms with Crippen LogP contribution in [-0.4, -0.2) is 28.1 Å². The van der Waals surface area contributed by atoms with Crippen molar-refractivity contribution in [3.8, 4) is 11.3 Å². The summed E-state index contributed by atoms with van der Waals surface area (Å²) in [5.74, 6) is -0.352. The van der Waals surface area contributed by atoms with Crippen LogP contribution in [0, 0.1) is 5.82 Å². The van der Waals surface area contributed by atoms with Crippen molar-refractivity contribution in [1.82, 2.24) is 20.3 Å². The van der Waals surface area contributed by atoms with Gasteiger partial charge in [0.05, 0.1) is 17.3 Å². The van der Waals surface area contributed by atoms with Gasteiger partial charge in [0, 0.05) is 18.7 Å². The van der Waals surface area contributed by atoms with E-state index in [4.69, 9.17) is 11.6 Å². The molecule has 17 heavy (non-hydrogen) atoms. The molecule has 3 rings (SSSR count). The predicted molar refractivity (Wildman–Crippen MR) is 62.3 cm³/mol. The van der Waals surface area contributed by atoms with E-state index in [-0.39, 0.29) is 5.82 Å². The van der Waals surface area contributed by atoms with Crippen LogP contribution >= 0.6 is 11.6 Å². The highest BCUT2D eigenvalue weighted by Gasteiger charge is 2.20. The molecule has 1 aliphatic rings. The van der Waals surface area contributed by atoms with Gasteiger partial charge in [-0.25, -0.2) is 9.07 Å². The molecule has 0 unspecified atom stereocenters. The molecule has 1 N–H and O–H groups in total. The first kappa shape index (κ1) is 10.7. The lowest BCUT2D eigenvalue weighted by atomic mass is 10.1. The van der Waals surface area contributed by atoms with Crippen molar-refractivity contribution in [3.05, 3.63) is 35.2 Å². The minimum absolute atomic E-state index is 0.351. The number of benzene rings is 1. The lowest BCUT2D eigenvalue weighted by Crippen LogP contribution is -2.43. The maximum Gasteiger partial charge on any atom is 0.124 e. The van der Waals surface area contributed by atoms with Gasteiger partial charge in [-0.05, 0) is 18.2 Å². The second kappa shape index (κ2) is 4.09. The monoisotopic (exact) mass is 252 g/mol. The van der Waals surface area contributed by atoms with Crippen LogP contribution in [0.5, 0.6) is 0 Å². The summed E-state index contributed by atoms with van der Waals surface area (Å²) in [7, 11) is 0. The molecule has 1 aromatic heterocycles. The van der Waals surface area contributed by atoms with Crippen LogP contribution in [-0.2, 0) is 0 Å². The fraction of sp³-hybridized carbons (Fsp3) is 0.273. The van der Waals surface area contributed by atoms with Crippen LogP contribution in [0.1, 0.15) is 6.04 Å². The standard InChI is InChI=1S/C11H10ClFN4/c12-10-3-7(13)1-2-9(10)11-6-17(16-15-11)8-4-14-5-8/h1-3,6,8,14H,4-5H2. The third-order valence-electron chi connectivity index (χ3n) is 2.85. The molecule has 0 saturated carbocycles. The highest BCUT2D eigenvalue weighted by Crippen LogP contribution is 2.27. The van der Waals surface area contributed by atoms with Crippen LogP contribution in [0.2, 0.25) is 5.02 Å². The average Bonchev–Trinajstić information content (AvgIpc) is 2.64. The molecule has 2 heterocycles. The molecule has 0 radical (unpaired) electrons. The molecule has 88 valence electrons. The Labute approximate surface area is 102 Å². The molecular weight excluding hydrogens is 243 g/mol. The highest BCUT2D eigenvalue weighted by atomic mass is 35.5. The normalized spacial score (nSPS) is 15.9. The zero-order valence-electron chi connectivity index (χ0n) is 8.90. The van der Waals surface area contributed by atoms with Crippen LogP contribution < -0.4 is 5.32 Å². The van der Waals surface area contributed by atoms with Crippen molar-refractivity contribution in [2.45, 2.75) is 6.04 Å². The zero-order chi connectivity index (χ0) is 11.8. The fourth-order valence-electron chi connectivity index (χ4n) is 1.74. The summed E-state index contributed by atoms with van der Waals surface area (Å²) in [4.78, 5) is 0. The molecule has 4 nitrogen and oxygen atoms in total. The van der Waals surface area contributed by atoms with Gasteiger partial charge in [-0.3, -0.25) is 0 Å². The molecule has 6 heteroatoms. The fourth-order valence-corrected chi connectivity index (χ4v) is 2.00. The minimum atomic E-state index is -0.352. The van der Waals surface area contributed by atoms with Gasteiger partial charge in [-0.15, -0.1) is 5.10 Å². The first-order valence-electron chi connectivity index (χ1n) is 5.32. The second-order valence-electron chi connectivity index (χ2n) is 4.02. The van der Waals surface area contributed by atoms with E-state index in [0.717, 1.165) is 13.1 Å². The van der Waals surface area contributed by atoms with Gasteiger partial charge in [0.2, 0.25) is 0 Å². The van der Waals surface area contributed by atoms with Crippen molar-refractivity contribution >= 4 is 11.6 Å². The summed E-state index contributed by atoms with van der Waals surface area (Å²) in [5.41, 5.74) is 1.37. The molecule has 1 fully saturated rings. The Morgan fingerprint density at radius 1 is 1.41 bits per heavy atom.